The molecular formula is C76H148O17P2. The maximum Gasteiger partial charge on any atom is 0.472 e. The Hall–Kier alpha value is -1.94. The summed E-state index contributed by atoms with van der Waals surface area (Å²) in [5.41, 5.74) is 0. The summed E-state index contributed by atoms with van der Waals surface area (Å²) in [6, 6.07) is 0. The number of ether oxygens (including phenoxy) is 4. The topological polar surface area (TPSA) is 237 Å². The van der Waals surface area contributed by atoms with E-state index in [0.29, 0.717) is 25.7 Å². The number of esters is 4. The number of phosphoric acid groups is 2. The average molecular weight is 1400 g/mol. The van der Waals surface area contributed by atoms with E-state index in [1.807, 2.05) is 0 Å². The molecule has 0 radical (unpaired) electrons. The molecule has 6 atom stereocenters. The van der Waals surface area contributed by atoms with E-state index in [4.69, 9.17) is 37.0 Å². The van der Waals surface area contributed by atoms with Gasteiger partial charge < -0.3 is 33.8 Å². The number of unbranched alkanes of at least 4 members (excludes halogenated alkanes) is 41. The van der Waals surface area contributed by atoms with Gasteiger partial charge in [0.15, 0.2) is 12.2 Å². The molecule has 0 aliphatic rings. The highest BCUT2D eigenvalue weighted by atomic mass is 31.2. The number of aliphatic hydroxyl groups is 1. The lowest BCUT2D eigenvalue weighted by molar-refractivity contribution is -0.161. The molecule has 0 aliphatic carbocycles. The zero-order valence-corrected chi connectivity index (χ0v) is 63.9. The highest BCUT2D eigenvalue weighted by molar-refractivity contribution is 7.47. The van der Waals surface area contributed by atoms with Crippen molar-refractivity contribution in [2.75, 3.05) is 39.6 Å². The molecule has 0 saturated heterocycles. The maximum absolute atomic E-state index is 13.1. The van der Waals surface area contributed by atoms with Crippen LogP contribution in [0.3, 0.4) is 0 Å². The number of rotatable bonds is 74. The van der Waals surface area contributed by atoms with Gasteiger partial charge in [-0.15, -0.1) is 0 Å². The SMILES string of the molecule is CCCCCCCCCCCCCCCCCC(=O)OC[C@H](COP(=O)(O)OC[C@@H](O)COP(=O)(O)OC[C@@H](COC(=O)CCCCCCCCCCC(C)C)OC(=O)CCCCCCCCCCC(C)CC)OC(=O)CCCCCCCCCCCCCCCCC(C)C. The molecule has 3 unspecified atom stereocenters. The summed E-state index contributed by atoms with van der Waals surface area (Å²) < 4.78 is 68.5. The summed E-state index contributed by atoms with van der Waals surface area (Å²) in [6.07, 6.45) is 52.6. The molecule has 0 aromatic carbocycles. The smallest absolute Gasteiger partial charge is 0.462 e. The molecule has 0 saturated carbocycles. The van der Waals surface area contributed by atoms with Gasteiger partial charge in [0.25, 0.3) is 0 Å². The van der Waals surface area contributed by atoms with Crippen LogP contribution in [0.2, 0.25) is 0 Å². The molecule has 95 heavy (non-hydrogen) atoms. The van der Waals surface area contributed by atoms with Crippen molar-refractivity contribution in [1.29, 1.82) is 0 Å². The summed E-state index contributed by atoms with van der Waals surface area (Å²) in [6.45, 7) is 11.9. The second-order valence-electron chi connectivity index (χ2n) is 28.6. The molecule has 0 aliphatic heterocycles. The third kappa shape index (κ3) is 69.0. The Kier molecular flexibility index (Phi) is 65.2. The van der Waals surface area contributed by atoms with Crippen LogP contribution in [0.4, 0.5) is 0 Å². The van der Waals surface area contributed by atoms with Crippen molar-refractivity contribution in [2.45, 2.75) is 407 Å². The van der Waals surface area contributed by atoms with Gasteiger partial charge in [-0.05, 0) is 43.4 Å². The number of carbonyl (C=O) groups is 4. The van der Waals surface area contributed by atoms with Gasteiger partial charge in [-0.1, -0.05) is 337 Å². The molecule has 19 heteroatoms. The van der Waals surface area contributed by atoms with Crippen molar-refractivity contribution in [3.63, 3.8) is 0 Å². The summed E-state index contributed by atoms with van der Waals surface area (Å²) in [5.74, 6) is 0.172. The minimum absolute atomic E-state index is 0.104. The summed E-state index contributed by atoms with van der Waals surface area (Å²) in [4.78, 5) is 72.8. The van der Waals surface area contributed by atoms with Crippen LogP contribution < -0.4 is 0 Å². The normalized spacial score (nSPS) is 14.4. The van der Waals surface area contributed by atoms with E-state index in [0.717, 1.165) is 108 Å². The van der Waals surface area contributed by atoms with Crippen LogP contribution >= 0.6 is 15.6 Å². The standard InChI is InChI=1S/C76H148O17P2/c1-8-10-11-12-13-14-15-16-17-21-24-27-36-43-50-57-73(78)86-63-71(92-75(80)59-52-45-38-28-25-22-19-18-20-23-26-33-40-47-54-67(3)4)65-90-94(82,83)88-61-70(77)62-89-95(84,85)91-66-72(64-87-74(79)58-51-44-37-31-29-34-41-48-55-68(5)6)93-76(81)60-53-46-39-32-30-35-42-49-56-69(7)9-2/h67-72,77H,8-66H2,1-7H3,(H,82,83)(H,84,85)/t69?,70-,71-,72-/m1/s1. The Bertz CT molecular complexity index is 1850. The first-order chi connectivity index (χ1) is 45.8. The second kappa shape index (κ2) is 66.6. The molecule has 0 aromatic heterocycles. The number of aliphatic hydroxyl groups excluding tert-OH is 1. The van der Waals surface area contributed by atoms with Gasteiger partial charge in [0.2, 0.25) is 0 Å². The van der Waals surface area contributed by atoms with Gasteiger partial charge in [0.1, 0.15) is 19.3 Å². The molecule has 564 valence electrons. The van der Waals surface area contributed by atoms with Crippen LogP contribution in [-0.2, 0) is 65.4 Å². The highest BCUT2D eigenvalue weighted by Crippen LogP contribution is 2.45. The van der Waals surface area contributed by atoms with E-state index >= 15 is 0 Å². The molecule has 0 bridgehead atoms. The van der Waals surface area contributed by atoms with E-state index in [2.05, 4.69) is 48.5 Å². The van der Waals surface area contributed by atoms with Crippen molar-refractivity contribution in [2.24, 2.45) is 17.8 Å². The third-order valence-electron chi connectivity index (χ3n) is 18.0. The predicted molar refractivity (Wildman–Crippen MR) is 386 cm³/mol. The van der Waals surface area contributed by atoms with Crippen LogP contribution in [0.5, 0.6) is 0 Å². The Labute approximate surface area is 581 Å². The van der Waals surface area contributed by atoms with Crippen molar-refractivity contribution in [1.82, 2.24) is 0 Å². The van der Waals surface area contributed by atoms with Crippen LogP contribution in [0.25, 0.3) is 0 Å². The molecule has 0 rings (SSSR count). The van der Waals surface area contributed by atoms with Crippen molar-refractivity contribution in [3.8, 4) is 0 Å². The lowest BCUT2D eigenvalue weighted by Crippen LogP contribution is -2.30. The lowest BCUT2D eigenvalue weighted by Gasteiger charge is -2.21. The van der Waals surface area contributed by atoms with Gasteiger partial charge >= 0.3 is 39.5 Å². The first-order valence-electron chi connectivity index (χ1n) is 39.4. The first-order valence-corrected chi connectivity index (χ1v) is 42.4. The van der Waals surface area contributed by atoms with Gasteiger partial charge in [-0.25, -0.2) is 9.13 Å². The molecule has 0 aromatic rings. The van der Waals surface area contributed by atoms with Crippen LogP contribution in [-0.4, -0.2) is 96.7 Å². The fraction of sp³-hybridized carbons (Fsp3) is 0.947. The van der Waals surface area contributed by atoms with E-state index in [1.165, 1.54) is 199 Å². The molecule has 0 amide bonds. The van der Waals surface area contributed by atoms with E-state index in [-0.39, 0.29) is 25.7 Å². The number of hydrogen-bond donors (Lipinski definition) is 3. The van der Waals surface area contributed by atoms with E-state index in [1.54, 1.807) is 0 Å². The van der Waals surface area contributed by atoms with E-state index < -0.39 is 97.5 Å². The maximum atomic E-state index is 13.1. The third-order valence-corrected chi connectivity index (χ3v) is 19.9. The van der Waals surface area contributed by atoms with Crippen LogP contribution in [0.15, 0.2) is 0 Å². The Balaban J connectivity index is 5.26. The predicted octanol–water partition coefficient (Wildman–Crippen LogP) is 22.2. The average Bonchev–Trinajstić information content (AvgIpc) is 1.57. The van der Waals surface area contributed by atoms with Crippen molar-refractivity contribution >= 4 is 39.5 Å². The van der Waals surface area contributed by atoms with Gasteiger partial charge in [0, 0.05) is 25.7 Å². The van der Waals surface area contributed by atoms with Gasteiger partial charge in [-0.2, -0.15) is 0 Å². The fourth-order valence-corrected chi connectivity index (χ4v) is 13.1. The summed E-state index contributed by atoms with van der Waals surface area (Å²) in [7, 11) is -9.91. The Morgan fingerprint density at radius 1 is 0.305 bits per heavy atom. The molecule has 17 nitrogen and oxygen atoms in total. The first kappa shape index (κ1) is 93.1. The summed E-state index contributed by atoms with van der Waals surface area (Å²) in [5, 5.41) is 10.6. The number of phosphoric ester groups is 2. The van der Waals surface area contributed by atoms with Crippen molar-refractivity contribution in [3.05, 3.63) is 0 Å². The van der Waals surface area contributed by atoms with Crippen molar-refractivity contribution < 1.29 is 80.2 Å². The molecule has 3 N–H and O–H groups in total. The minimum atomic E-state index is -4.96. The largest absolute Gasteiger partial charge is 0.472 e. The highest BCUT2D eigenvalue weighted by Gasteiger charge is 2.30. The quantitative estimate of drug-likeness (QED) is 0.0222. The zero-order valence-electron chi connectivity index (χ0n) is 62.1. The molecular weight excluding hydrogens is 1250 g/mol. The summed E-state index contributed by atoms with van der Waals surface area (Å²) >= 11 is 0. The second-order valence-corrected chi connectivity index (χ2v) is 31.5. The lowest BCUT2D eigenvalue weighted by atomic mass is 9.99. The Morgan fingerprint density at radius 3 is 0.800 bits per heavy atom. The number of hydrogen-bond acceptors (Lipinski definition) is 15. The Morgan fingerprint density at radius 2 is 0.537 bits per heavy atom. The zero-order chi connectivity index (χ0) is 70.1. The monoisotopic (exact) mass is 1400 g/mol. The van der Waals surface area contributed by atoms with Gasteiger partial charge in [0.05, 0.1) is 26.4 Å². The molecule has 0 fully saturated rings. The van der Waals surface area contributed by atoms with Crippen LogP contribution in [0, 0.1) is 17.8 Å². The molecule has 0 heterocycles. The fourth-order valence-electron chi connectivity index (χ4n) is 11.6. The van der Waals surface area contributed by atoms with Gasteiger partial charge in [-0.3, -0.25) is 37.3 Å². The molecule has 0 spiro atoms. The van der Waals surface area contributed by atoms with Crippen LogP contribution in [0.1, 0.15) is 389 Å². The number of carbonyl (C=O) groups excluding carboxylic acids is 4. The van der Waals surface area contributed by atoms with E-state index in [9.17, 15) is 43.2 Å². The minimum Gasteiger partial charge on any atom is -0.462 e.